The Morgan fingerprint density at radius 1 is 0.810 bits per heavy atom. The standard InChI is InChI=1S/C18H34O3/c1-2-16-17(21-16)14-12-10-8-6-4-3-5-7-9-11-13-15-18(19)20/h16-17H,2-15H2,1H3,(H,19,20). The Hall–Kier alpha value is -0.570. The molecule has 0 aliphatic carbocycles. The highest BCUT2D eigenvalue weighted by Gasteiger charge is 2.35. The summed E-state index contributed by atoms with van der Waals surface area (Å²) >= 11 is 0. The zero-order chi connectivity index (χ0) is 15.3. The predicted octanol–water partition coefficient (Wildman–Crippen LogP) is 5.32. The zero-order valence-corrected chi connectivity index (χ0v) is 13.8. The molecule has 124 valence electrons. The molecule has 1 heterocycles. The van der Waals surface area contributed by atoms with Crippen LogP contribution in [0.5, 0.6) is 0 Å². The van der Waals surface area contributed by atoms with Crippen LogP contribution in [0.4, 0.5) is 0 Å². The highest BCUT2D eigenvalue weighted by Crippen LogP contribution is 2.29. The lowest BCUT2D eigenvalue weighted by molar-refractivity contribution is -0.137. The molecule has 1 saturated heterocycles. The van der Waals surface area contributed by atoms with Crippen molar-refractivity contribution < 1.29 is 14.6 Å². The third kappa shape index (κ3) is 10.8. The van der Waals surface area contributed by atoms with Crippen LogP contribution in [-0.4, -0.2) is 23.3 Å². The summed E-state index contributed by atoms with van der Waals surface area (Å²) in [6.07, 6.45) is 17.9. The zero-order valence-electron chi connectivity index (χ0n) is 13.8. The molecule has 0 aromatic carbocycles. The second kappa shape index (κ2) is 12.0. The van der Waals surface area contributed by atoms with E-state index in [1.54, 1.807) is 0 Å². The Labute approximate surface area is 130 Å². The monoisotopic (exact) mass is 298 g/mol. The molecular formula is C18H34O3. The first-order valence-electron chi connectivity index (χ1n) is 9.11. The van der Waals surface area contributed by atoms with Gasteiger partial charge in [-0.3, -0.25) is 4.79 Å². The minimum atomic E-state index is -0.659. The van der Waals surface area contributed by atoms with Gasteiger partial charge in [0, 0.05) is 6.42 Å². The number of rotatable bonds is 15. The normalized spacial score (nSPS) is 20.6. The van der Waals surface area contributed by atoms with E-state index in [0.717, 1.165) is 12.8 Å². The van der Waals surface area contributed by atoms with Crippen molar-refractivity contribution in [1.29, 1.82) is 0 Å². The quantitative estimate of drug-likeness (QED) is 0.329. The Bertz CT molecular complexity index is 265. The van der Waals surface area contributed by atoms with Gasteiger partial charge in [0.15, 0.2) is 0 Å². The average molecular weight is 298 g/mol. The van der Waals surface area contributed by atoms with Gasteiger partial charge in [0.25, 0.3) is 0 Å². The van der Waals surface area contributed by atoms with Gasteiger partial charge in [0.2, 0.25) is 0 Å². The Kier molecular flexibility index (Phi) is 10.6. The Balaban J connectivity index is 1.66. The van der Waals surface area contributed by atoms with E-state index in [9.17, 15) is 4.79 Å². The SMILES string of the molecule is CCC1OC1CCCCCCCCCCCCCC(=O)O. The van der Waals surface area contributed by atoms with Crippen LogP contribution in [0, 0.1) is 0 Å². The molecule has 1 fully saturated rings. The molecule has 0 aromatic heterocycles. The molecule has 1 aliphatic rings. The lowest BCUT2D eigenvalue weighted by Gasteiger charge is -2.02. The van der Waals surface area contributed by atoms with Crippen molar-refractivity contribution in [3.63, 3.8) is 0 Å². The number of carbonyl (C=O) groups is 1. The van der Waals surface area contributed by atoms with E-state index >= 15 is 0 Å². The van der Waals surface area contributed by atoms with E-state index in [1.165, 1.54) is 70.6 Å². The Morgan fingerprint density at radius 2 is 1.29 bits per heavy atom. The molecule has 1 aliphatic heterocycles. The molecule has 0 spiro atoms. The third-order valence-electron chi connectivity index (χ3n) is 4.47. The van der Waals surface area contributed by atoms with Gasteiger partial charge in [-0.05, 0) is 19.3 Å². The second-order valence-electron chi connectivity index (χ2n) is 6.44. The first-order chi connectivity index (χ1) is 10.2. The Morgan fingerprint density at radius 3 is 1.71 bits per heavy atom. The van der Waals surface area contributed by atoms with Gasteiger partial charge in [-0.1, -0.05) is 71.1 Å². The summed E-state index contributed by atoms with van der Waals surface area (Å²) < 4.78 is 5.55. The predicted molar refractivity (Wildman–Crippen MR) is 86.6 cm³/mol. The molecule has 2 atom stereocenters. The van der Waals surface area contributed by atoms with Crippen molar-refractivity contribution >= 4 is 5.97 Å². The summed E-state index contributed by atoms with van der Waals surface area (Å²) in [4.78, 5) is 10.3. The van der Waals surface area contributed by atoms with Gasteiger partial charge in [-0.15, -0.1) is 0 Å². The summed E-state index contributed by atoms with van der Waals surface area (Å²) in [5.41, 5.74) is 0. The number of unbranched alkanes of at least 4 members (excludes halogenated alkanes) is 10. The van der Waals surface area contributed by atoms with Crippen LogP contribution < -0.4 is 0 Å². The number of epoxide rings is 1. The molecule has 0 radical (unpaired) electrons. The summed E-state index contributed by atoms with van der Waals surface area (Å²) in [6.45, 7) is 2.21. The summed E-state index contributed by atoms with van der Waals surface area (Å²) in [5.74, 6) is -0.659. The summed E-state index contributed by atoms with van der Waals surface area (Å²) in [6, 6.07) is 0. The van der Waals surface area contributed by atoms with E-state index in [0.29, 0.717) is 18.6 Å². The number of carboxylic acids is 1. The fourth-order valence-corrected chi connectivity index (χ4v) is 3.00. The topological polar surface area (TPSA) is 49.8 Å². The van der Waals surface area contributed by atoms with E-state index in [-0.39, 0.29) is 0 Å². The van der Waals surface area contributed by atoms with Gasteiger partial charge >= 0.3 is 5.97 Å². The highest BCUT2D eigenvalue weighted by molar-refractivity contribution is 5.66. The fourth-order valence-electron chi connectivity index (χ4n) is 3.00. The highest BCUT2D eigenvalue weighted by atomic mass is 16.6. The second-order valence-corrected chi connectivity index (χ2v) is 6.44. The van der Waals surface area contributed by atoms with Gasteiger partial charge in [0.05, 0.1) is 12.2 Å². The first kappa shape index (κ1) is 18.5. The number of hydrogen-bond acceptors (Lipinski definition) is 2. The fraction of sp³-hybridized carbons (Fsp3) is 0.944. The van der Waals surface area contributed by atoms with Crippen LogP contribution in [0.15, 0.2) is 0 Å². The summed E-state index contributed by atoms with van der Waals surface area (Å²) in [5, 5.41) is 8.53. The maximum absolute atomic E-state index is 10.3. The molecule has 0 saturated carbocycles. The molecule has 0 amide bonds. The molecule has 3 nitrogen and oxygen atoms in total. The van der Waals surface area contributed by atoms with Crippen LogP contribution in [0.2, 0.25) is 0 Å². The molecule has 2 unspecified atom stereocenters. The van der Waals surface area contributed by atoms with Crippen molar-refractivity contribution in [2.24, 2.45) is 0 Å². The van der Waals surface area contributed by atoms with E-state index < -0.39 is 5.97 Å². The van der Waals surface area contributed by atoms with Crippen molar-refractivity contribution in [3.05, 3.63) is 0 Å². The minimum absolute atomic E-state index is 0.338. The maximum atomic E-state index is 10.3. The van der Waals surface area contributed by atoms with E-state index in [1.807, 2.05) is 0 Å². The van der Waals surface area contributed by atoms with Crippen molar-refractivity contribution in [2.45, 2.75) is 109 Å². The average Bonchev–Trinajstić information content (AvgIpc) is 3.22. The van der Waals surface area contributed by atoms with Gasteiger partial charge in [0.1, 0.15) is 0 Å². The lowest BCUT2D eigenvalue weighted by atomic mass is 10.0. The molecular weight excluding hydrogens is 264 g/mol. The van der Waals surface area contributed by atoms with Crippen molar-refractivity contribution in [2.75, 3.05) is 0 Å². The van der Waals surface area contributed by atoms with Crippen LogP contribution >= 0.6 is 0 Å². The van der Waals surface area contributed by atoms with Gasteiger partial charge in [-0.25, -0.2) is 0 Å². The van der Waals surface area contributed by atoms with Gasteiger partial charge in [-0.2, -0.15) is 0 Å². The number of carboxylic acid groups (broad SMARTS) is 1. The minimum Gasteiger partial charge on any atom is -0.481 e. The molecule has 0 aromatic rings. The van der Waals surface area contributed by atoms with Crippen molar-refractivity contribution in [3.8, 4) is 0 Å². The van der Waals surface area contributed by atoms with E-state index in [4.69, 9.17) is 9.84 Å². The smallest absolute Gasteiger partial charge is 0.303 e. The van der Waals surface area contributed by atoms with Crippen molar-refractivity contribution in [1.82, 2.24) is 0 Å². The van der Waals surface area contributed by atoms with Crippen LogP contribution in [-0.2, 0) is 9.53 Å². The first-order valence-corrected chi connectivity index (χ1v) is 9.11. The molecule has 21 heavy (non-hydrogen) atoms. The molecule has 1 N–H and O–H groups in total. The van der Waals surface area contributed by atoms with Crippen LogP contribution in [0.3, 0.4) is 0 Å². The number of hydrogen-bond donors (Lipinski definition) is 1. The number of ether oxygens (including phenoxy) is 1. The third-order valence-corrected chi connectivity index (χ3v) is 4.47. The lowest BCUT2D eigenvalue weighted by Crippen LogP contribution is -1.93. The molecule has 1 rings (SSSR count). The van der Waals surface area contributed by atoms with Crippen LogP contribution in [0.25, 0.3) is 0 Å². The summed E-state index contributed by atoms with van der Waals surface area (Å²) in [7, 11) is 0. The largest absolute Gasteiger partial charge is 0.481 e. The number of aliphatic carboxylic acids is 1. The molecule has 3 heteroatoms. The maximum Gasteiger partial charge on any atom is 0.303 e. The van der Waals surface area contributed by atoms with Gasteiger partial charge < -0.3 is 9.84 Å². The van der Waals surface area contributed by atoms with E-state index in [2.05, 4.69) is 6.92 Å². The molecule has 0 bridgehead atoms. The van der Waals surface area contributed by atoms with Crippen LogP contribution in [0.1, 0.15) is 96.8 Å².